The maximum Gasteiger partial charge on any atom is 0.251 e. The Morgan fingerprint density at radius 3 is 2.52 bits per heavy atom. The van der Waals surface area contributed by atoms with E-state index >= 15 is 0 Å². The lowest BCUT2D eigenvalue weighted by atomic mass is 10.0. The fraction of sp³-hybridized carbons (Fsp3) is 0.333. The largest absolute Gasteiger partial charge is 0.361 e. The molecule has 5 nitrogen and oxygen atoms in total. The van der Waals surface area contributed by atoms with E-state index in [0.717, 1.165) is 31.2 Å². The Hall–Kier alpha value is -3.08. The van der Waals surface area contributed by atoms with Gasteiger partial charge in [-0.05, 0) is 49.4 Å². The summed E-state index contributed by atoms with van der Waals surface area (Å²) in [5.41, 5.74) is 3.10. The molecule has 5 heteroatoms. The molecule has 0 saturated carbocycles. The minimum atomic E-state index is -0.0332. The van der Waals surface area contributed by atoms with Crippen molar-refractivity contribution in [3.63, 3.8) is 0 Å². The van der Waals surface area contributed by atoms with Crippen molar-refractivity contribution >= 4 is 22.7 Å². The molecule has 4 rings (SSSR count). The highest BCUT2D eigenvalue weighted by atomic mass is 16.2. The third-order valence-electron chi connectivity index (χ3n) is 5.73. The number of aromatic amines is 1. The highest BCUT2D eigenvalue weighted by Crippen LogP contribution is 2.20. The molecule has 0 aliphatic carbocycles. The van der Waals surface area contributed by atoms with Crippen LogP contribution in [0.25, 0.3) is 10.9 Å². The molecule has 150 valence electrons. The predicted octanol–water partition coefficient (Wildman–Crippen LogP) is 3.91. The van der Waals surface area contributed by atoms with Crippen molar-refractivity contribution in [3.05, 3.63) is 71.9 Å². The average molecular weight is 389 g/mol. The van der Waals surface area contributed by atoms with Crippen LogP contribution in [0.2, 0.25) is 0 Å². The van der Waals surface area contributed by atoms with Gasteiger partial charge in [0.15, 0.2) is 0 Å². The topological polar surface area (TPSA) is 65.2 Å². The number of H-pyrrole nitrogens is 1. The summed E-state index contributed by atoms with van der Waals surface area (Å²) in [6.45, 7) is 1.43. The second kappa shape index (κ2) is 8.95. The van der Waals surface area contributed by atoms with Crippen molar-refractivity contribution < 1.29 is 9.59 Å². The molecule has 0 radical (unpaired) electrons. The molecule has 0 unspecified atom stereocenters. The number of fused-ring (bicyclic) bond motifs is 1. The molecule has 29 heavy (non-hydrogen) atoms. The zero-order chi connectivity index (χ0) is 20.1. The summed E-state index contributed by atoms with van der Waals surface area (Å²) in [5, 5.41) is 4.34. The molecule has 0 bridgehead atoms. The van der Waals surface area contributed by atoms with Crippen molar-refractivity contribution in [2.75, 3.05) is 13.1 Å². The van der Waals surface area contributed by atoms with Crippen molar-refractivity contribution in [2.24, 2.45) is 0 Å². The summed E-state index contributed by atoms with van der Waals surface area (Å²) in [5.74, 6) is 0.187. The number of rotatable bonds is 6. The second-order valence-electron chi connectivity index (χ2n) is 7.71. The van der Waals surface area contributed by atoms with Gasteiger partial charge in [0.05, 0.1) is 0 Å². The van der Waals surface area contributed by atoms with Crippen LogP contribution >= 0.6 is 0 Å². The molecular formula is C24H27N3O2. The first-order chi connectivity index (χ1) is 14.2. The number of aromatic nitrogens is 1. The first-order valence-corrected chi connectivity index (χ1v) is 10.4. The standard InChI is InChI=1S/C24H27N3O2/c28-23(12-6-9-19-17-25-22-11-5-4-10-21(19)22)27-15-13-20(14-16-27)26-24(29)18-7-2-1-3-8-18/h1-5,7-8,10-11,17,20,25H,6,9,12-16H2,(H,26,29). The number of nitrogens with zero attached hydrogens (tertiary/aromatic N) is 1. The zero-order valence-corrected chi connectivity index (χ0v) is 16.6. The Kier molecular flexibility index (Phi) is 5.94. The number of para-hydroxylation sites is 1. The van der Waals surface area contributed by atoms with Gasteiger partial charge in [0.1, 0.15) is 0 Å². The normalized spacial score (nSPS) is 14.8. The van der Waals surface area contributed by atoms with E-state index in [0.29, 0.717) is 25.1 Å². The van der Waals surface area contributed by atoms with Gasteiger partial charge >= 0.3 is 0 Å². The number of benzene rings is 2. The summed E-state index contributed by atoms with van der Waals surface area (Å²) in [6.07, 6.45) is 6.00. The fourth-order valence-electron chi connectivity index (χ4n) is 4.06. The van der Waals surface area contributed by atoms with Crippen molar-refractivity contribution in [1.29, 1.82) is 0 Å². The summed E-state index contributed by atoms with van der Waals surface area (Å²) in [4.78, 5) is 30.1. The lowest BCUT2D eigenvalue weighted by molar-refractivity contribution is -0.132. The zero-order valence-electron chi connectivity index (χ0n) is 16.6. The quantitative estimate of drug-likeness (QED) is 0.671. The van der Waals surface area contributed by atoms with Gasteiger partial charge in [-0.15, -0.1) is 0 Å². The first-order valence-electron chi connectivity index (χ1n) is 10.4. The maximum atomic E-state index is 12.6. The summed E-state index contributed by atoms with van der Waals surface area (Å²) >= 11 is 0. The number of likely N-dealkylation sites (tertiary alicyclic amines) is 1. The lowest BCUT2D eigenvalue weighted by Crippen LogP contribution is -2.46. The van der Waals surface area contributed by atoms with Gasteiger partial charge in [-0.2, -0.15) is 0 Å². The molecule has 1 aliphatic heterocycles. The minimum Gasteiger partial charge on any atom is -0.361 e. The number of amides is 2. The minimum absolute atomic E-state index is 0.0332. The maximum absolute atomic E-state index is 12.6. The Bertz CT molecular complexity index is 972. The molecule has 3 aromatic rings. The van der Waals surface area contributed by atoms with Gasteiger partial charge in [-0.1, -0.05) is 36.4 Å². The van der Waals surface area contributed by atoms with E-state index in [2.05, 4.69) is 28.6 Å². The van der Waals surface area contributed by atoms with Gasteiger partial charge in [-0.3, -0.25) is 9.59 Å². The smallest absolute Gasteiger partial charge is 0.251 e. The van der Waals surface area contributed by atoms with E-state index in [9.17, 15) is 9.59 Å². The van der Waals surface area contributed by atoms with E-state index in [4.69, 9.17) is 0 Å². The number of hydrogen-bond donors (Lipinski definition) is 2. The lowest BCUT2D eigenvalue weighted by Gasteiger charge is -2.32. The molecular weight excluding hydrogens is 362 g/mol. The molecule has 2 amide bonds. The van der Waals surface area contributed by atoms with Gasteiger partial charge in [0.25, 0.3) is 5.91 Å². The Morgan fingerprint density at radius 1 is 1.00 bits per heavy atom. The predicted molar refractivity (Wildman–Crippen MR) is 115 cm³/mol. The number of nitrogens with one attached hydrogen (secondary N) is 2. The molecule has 0 spiro atoms. The summed E-state index contributed by atoms with van der Waals surface area (Å²) in [6, 6.07) is 17.7. The number of piperidine rings is 1. The molecule has 2 N–H and O–H groups in total. The van der Waals surface area contributed by atoms with E-state index in [1.54, 1.807) is 0 Å². The molecule has 1 aromatic heterocycles. The number of carbonyl (C=O) groups is 2. The highest BCUT2D eigenvalue weighted by Gasteiger charge is 2.23. The van der Waals surface area contributed by atoms with E-state index < -0.39 is 0 Å². The molecule has 0 atom stereocenters. The van der Waals surface area contributed by atoms with Crippen LogP contribution in [0.15, 0.2) is 60.8 Å². The third-order valence-corrected chi connectivity index (χ3v) is 5.73. The highest BCUT2D eigenvalue weighted by molar-refractivity contribution is 5.94. The van der Waals surface area contributed by atoms with E-state index in [1.165, 1.54) is 10.9 Å². The van der Waals surface area contributed by atoms with Crippen LogP contribution in [-0.4, -0.2) is 40.8 Å². The number of carbonyl (C=O) groups excluding carboxylic acids is 2. The van der Waals surface area contributed by atoms with E-state index in [-0.39, 0.29) is 17.9 Å². The van der Waals surface area contributed by atoms with Crippen LogP contribution in [0.5, 0.6) is 0 Å². The van der Waals surface area contributed by atoms with Gasteiger partial charge in [0, 0.05) is 48.2 Å². The van der Waals surface area contributed by atoms with Crippen molar-refractivity contribution in [3.8, 4) is 0 Å². The van der Waals surface area contributed by atoms with Crippen LogP contribution in [0, 0.1) is 0 Å². The number of hydrogen-bond acceptors (Lipinski definition) is 2. The van der Waals surface area contributed by atoms with Gasteiger partial charge in [-0.25, -0.2) is 0 Å². The molecule has 2 heterocycles. The van der Waals surface area contributed by atoms with Gasteiger partial charge < -0.3 is 15.2 Å². The molecule has 1 saturated heterocycles. The summed E-state index contributed by atoms with van der Waals surface area (Å²) < 4.78 is 0. The first kappa shape index (κ1) is 19.2. The van der Waals surface area contributed by atoms with Gasteiger partial charge in [0.2, 0.25) is 5.91 Å². The second-order valence-corrected chi connectivity index (χ2v) is 7.71. The summed E-state index contributed by atoms with van der Waals surface area (Å²) in [7, 11) is 0. The number of aryl methyl sites for hydroxylation is 1. The van der Waals surface area contributed by atoms with Crippen LogP contribution < -0.4 is 5.32 Å². The van der Waals surface area contributed by atoms with Crippen LogP contribution in [0.1, 0.15) is 41.6 Å². The third kappa shape index (κ3) is 4.67. The van der Waals surface area contributed by atoms with Crippen LogP contribution in [0.3, 0.4) is 0 Å². The Labute approximate surface area is 171 Å². The molecule has 2 aromatic carbocycles. The molecule has 1 aliphatic rings. The monoisotopic (exact) mass is 389 g/mol. The SMILES string of the molecule is O=C(NC1CCN(C(=O)CCCc2c[nH]c3ccccc23)CC1)c1ccccc1. The van der Waals surface area contributed by atoms with E-state index in [1.807, 2.05) is 47.4 Å². The Balaban J connectivity index is 1.20. The Morgan fingerprint density at radius 2 is 1.72 bits per heavy atom. The van der Waals surface area contributed by atoms with Crippen molar-refractivity contribution in [1.82, 2.24) is 15.2 Å². The van der Waals surface area contributed by atoms with Crippen LogP contribution in [0.4, 0.5) is 0 Å². The average Bonchev–Trinajstić information content (AvgIpc) is 3.18. The van der Waals surface area contributed by atoms with Crippen molar-refractivity contribution in [2.45, 2.75) is 38.1 Å². The fourth-order valence-corrected chi connectivity index (χ4v) is 4.06. The molecule has 1 fully saturated rings. The van der Waals surface area contributed by atoms with Crippen LogP contribution in [-0.2, 0) is 11.2 Å².